The maximum absolute atomic E-state index is 12.3. The predicted octanol–water partition coefficient (Wildman–Crippen LogP) is 4.82. The zero-order chi connectivity index (χ0) is 21.6. The van der Waals surface area contributed by atoms with Gasteiger partial charge in [0.25, 0.3) is 5.91 Å². The van der Waals surface area contributed by atoms with Gasteiger partial charge < -0.3 is 10.1 Å². The third-order valence-corrected chi connectivity index (χ3v) is 6.37. The molecule has 0 fully saturated rings. The third kappa shape index (κ3) is 6.70. The van der Waals surface area contributed by atoms with E-state index in [1.54, 1.807) is 0 Å². The van der Waals surface area contributed by atoms with Crippen molar-refractivity contribution in [3.05, 3.63) is 51.0 Å². The van der Waals surface area contributed by atoms with Gasteiger partial charge in [0.15, 0.2) is 6.61 Å². The molecule has 0 aliphatic heterocycles. The molecule has 29 heavy (non-hydrogen) atoms. The first-order chi connectivity index (χ1) is 13.6. The highest BCUT2D eigenvalue weighted by atomic mass is 79.9. The normalized spacial score (nSPS) is 11.3. The molecule has 0 saturated heterocycles. The highest BCUT2D eigenvalue weighted by molar-refractivity contribution is 9.10. The number of anilines is 1. The first kappa shape index (κ1) is 23.7. The van der Waals surface area contributed by atoms with Crippen molar-refractivity contribution in [2.75, 3.05) is 18.5 Å². The number of ether oxygens (including phenoxy) is 1. The molecule has 0 heterocycles. The highest BCUT2D eigenvalue weighted by Crippen LogP contribution is 2.28. The van der Waals surface area contributed by atoms with Crippen LogP contribution in [-0.2, 0) is 14.8 Å². The van der Waals surface area contributed by atoms with Crippen molar-refractivity contribution in [1.29, 1.82) is 0 Å². The number of rotatable bonds is 9. The van der Waals surface area contributed by atoms with E-state index >= 15 is 0 Å². The minimum atomic E-state index is -3.63. The molecular formula is C20H24BrClN2O4S. The van der Waals surface area contributed by atoms with E-state index in [1.807, 2.05) is 32.9 Å². The second-order valence-electron chi connectivity index (χ2n) is 6.59. The van der Waals surface area contributed by atoms with Crippen molar-refractivity contribution in [1.82, 2.24) is 4.72 Å². The number of carbonyl (C=O) groups excluding carboxylic acids is 1. The van der Waals surface area contributed by atoms with Gasteiger partial charge in [-0.25, -0.2) is 13.1 Å². The Kier molecular flexibility index (Phi) is 8.51. The van der Waals surface area contributed by atoms with Crippen LogP contribution in [0.15, 0.2) is 39.7 Å². The van der Waals surface area contributed by atoms with Crippen molar-refractivity contribution >= 4 is 49.1 Å². The van der Waals surface area contributed by atoms with E-state index in [0.29, 0.717) is 6.54 Å². The summed E-state index contributed by atoms with van der Waals surface area (Å²) in [5, 5.41) is 2.94. The van der Waals surface area contributed by atoms with Crippen LogP contribution in [0, 0.1) is 13.8 Å². The first-order valence-electron chi connectivity index (χ1n) is 9.12. The van der Waals surface area contributed by atoms with E-state index in [9.17, 15) is 13.2 Å². The van der Waals surface area contributed by atoms with Crippen LogP contribution >= 0.6 is 27.5 Å². The number of hydrogen-bond donors (Lipinski definition) is 2. The maximum atomic E-state index is 12.3. The van der Waals surface area contributed by atoms with Gasteiger partial charge in [0.05, 0.1) is 9.92 Å². The molecule has 0 unspecified atom stereocenters. The van der Waals surface area contributed by atoms with Crippen LogP contribution < -0.4 is 14.8 Å². The van der Waals surface area contributed by atoms with E-state index in [0.717, 1.165) is 34.1 Å². The second-order valence-corrected chi connectivity index (χ2v) is 9.68. The van der Waals surface area contributed by atoms with Crippen molar-refractivity contribution in [2.24, 2.45) is 0 Å². The van der Waals surface area contributed by atoms with E-state index in [4.69, 9.17) is 16.3 Å². The Hall–Kier alpha value is -1.61. The van der Waals surface area contributed by atoms with Gasteiger partial charge in [-0.05, 0) is 61.7 Å². The largest absolute Gasteiger partial charge is 0.482 e. The number of amides is 1. The molecule has 2 aromatic carbocycles. The van der Waals surface area contributed by atoms with Gasteiger partial charge >= 0.3 is 0 Å². The van der Waals surface area contributed by atoms with Gasteiger partial charge in [0.1, 0.15) is 5.75 Å². The van der Waals surface area contributed by atoms with Gasteiger partial charge in [-0.2, -0.15) is 0 Å². The standard InChI is InChI=1S/C20H24BrClN2O4S/c1-4-5-8-23-29(26,27)16-6-7-18(17(22)11-16)28-12-19(25)24-20-13(2)9-15(21)10-14(20)3/h6-7,9-11,23H,4-5,8,12H2,1-3H3,(H,24,25). The molecule has 9 heteroatoms. The Balaban J connectivity index is 2.02. The van der Waals surface area contributed by atoms with Gasteiger partial charge in [0.2, 0.25) is 10.0 Å². The van der Waals surface area contributed by atoms with Gasteiger partial charge in [-0.15, -0.1) is 0 Å². The Labute approximate surface area is 185 Å². The molecule has 0 aliphatic carbocycles. The summed E-state index contributed by atoms with van der Waals surface area (Å²) in [6.45, 7) is 5.89. The number of sulfonamides is 1. The highest BCUT2D eigenvalue weighted by Gasteiger charge is 2.16. The summed E-state index contributed by atoms with van der Waals surface area (Å²) in [6.07, 6.45) is 1.64. The number of hydrogen-bond acceptors (Lipinski definition) is 4. The van der Waals surface area contributed by atoms with Crippen LogP contribution in [0.4, 0.5) is 5.69 Å². The molecule has 158 valence electrons. The van der Waals surface area contributed by atoms with E-state index in [2.05, 4.69) is 26.0 Å². The molecule has 0 radical (unpaired) electrons. The molecular weight excluding hydrogens is 480 g/mol. The second kappa shape index (κ2) is 10.4. The molecule has 0 aromatic heterocycles. The average Bonchev–Trinajstić information content (AvgIpc) is 2.63. The van der Waals surface area contributed by atoms with Gasteiger partial charge in [0, 0.05) is 16.7 Å². The Morgan fingerprint density at radius 2 is 1.83 bits per heavy atom. The lowest BCUT2D eigenvalue weighted by Gasteiger charge is -2.14. The fraction of sp³-hybridized carbons (Fsp3) is 0.350. The summed E-state index contributed by atoms with van der Waals surface area (Å²) in [6, 6.07) is 7.98. The van der Waals surface area contributed by atoms with Crippen molar-refractivity contribution in [2.45, 2.75) is 38.5 Å². The molecule has 2 rings (SSSR count). The van der Waals surface area contributed by atoms with E-state index in [1.165, 1.54) is 18.2 Å². The molecule has 0 bridgehead atoms. The van der Waals surface area contributed by atoms with Crippen molar-refractivity contribution in [3.63, 3.8) is 0 Å². The number of unbranched alkanes of at least 4 members (excludes halogenated alkanes) is 1. The van der Waals surface area contributed by atoms with E-state index < -0.39 is 10.0 Å². The Morgan fingerprint density at radius 1 is 1.17 bits per heavy atom. The number of halogens is 2. The maximum Gasteiger partial charge on any atom is 0.262 e. The number of aryl methyl sites for hydroxylation is 2. The van der Waals surface area contributed by atoms with Crippen LogP contribution in [0.3, 0.4) is 0 Å². The summed E-state index contributed by atoms with van der Waals surface area (Å²) < 4.78 is 33.4. The fourth-order valence-corrected chi connectivity index (χ4v) is 4.75. The quantitative estimate of drug-likeness (QED) is 0.481. The zero-order valence-corrected chi connectivity index (χ0v) is 19.7. The molecule has 0 saturated carbocycles. The molecule has 0 spiro atoms. The summed E-state index contributed by atoms with van der Waals surface area (Å²) in [5.74, 6) is -0.105. The monoisotopic (exact) mass is 502 g/mol. The SMILES string of the molecule is CCCCNS(=O)(=O)c1ccc(OCC(=O)Nc2c(C)cc(Br)cc2C)c(Cl)c1. The number of nitrogens with one attached hydrogen (secondary N) is 2. The molecule has 1 amide bonds. The molecule has 2 N–H and O–H groups in total. The average molecular weight is 504 g/mol. The van der Waals surface area contributed by atoms with Crippen LogP contribution in [-0.4, -0.2) is 27.5 Å². The molecule has 2 aromatic rings. The summed E-state index contributed by atoms with van der Waals surface area (Å²) in [5.41, 5.74) is 2.58. The van der Waals surface area contributed by atoms with E-state index in [-0.39, 0.29) is 28.2 Å². The van der Waals surface area contributed by atoms with Crippen LogP contribution in [0.5, 0.6) is 5.75 Å². The lowest BCUT2D eigenvalue weighted by atomic mass is 10.1. The lowest BCUT2D eigenvalue weighted by molar-refractivity contribution is -0.118. The summed E-state index contributed by atoms with van der Waals surface area (Å²) >= 11 is 9.57. The topological polar surface area (TPSA) is 84.5 Å². The molecule has 0 aliphatic rings. The minimum absolute atomic E-state index is 0.0523. The Morgan fingerprint density at radius 3 is 2.41 bits per heavy atom. The summed E-state index contributed by atoms with van der Waals surface area (Å²) in [4.78, 5) is 12.3. The van der Waals surface area contributed by atoms with Gasteiger partial charge in [-0.3, -0.25) is 4.79 Å². The molecule has 0 atom stereocenters. The first-order valence-corrected chi connectivity index (χ1v) is 11.8. The predicted molar refractivity (Wildman–Crippen MR) is 119 cm³/mol. The zero-order valence-electron chi connectivity index (χ0n) is 16.5. The van der Waals surface area contributed by atoms with Crippen LogP contribution in [0.1, 0.15) is 30.9 Å². The van der Waals surface area contributed by atoms with Gasteiger partial charge in [-0.1, -0.05) is 40.9 Å². The minimum Gasteiger partial charge on any atom is -0.482 e. The van der Waals surface area contributed by atoms with Crippen LogP contribution in [0.25, 0.3) is 0 Å². The number of benzene rings is 2. The summed E-state index contributed by atoms with van der Waals surface area (Å²) in [7, 11) is -3.63. The van der Waals surface area contributed by atoms with Crippen LogP contribution in [0.2, 0.25) is 5.02 Å². The molecule has 6 nitrogen and oxygen atoms in total. The number of carbonyl (C=O) groups is 1. The van der Waals surface area contributed by atoms with Crippen molar-refractivity contribution < 1.29 is 17.9 Å². The lowest BCUT2D eigenvalue weighted by Crippen LogP contribution is -2.24. The fourth-order valence-electron chi connectivity index (χ4n) is 2.66. The smallest absolute Gasteiger partial charge is 0.262 e. The third-order valence-electron chi connectivity index (χ3n) is 4.16. The Bertz CT molecular complexity index is 973. The van der Waals surface area contributed by atoms with Crippen molar-refractivity contribution in [3.8, 4) is 5.75 Å².